The van der Waals surface area contributed by atoms with Gasteiger partial charge in [-0.1, -0.05) is 32.1 Å². The van der Waals surface area contributed by atoms with Gasteiger partial charge >= 0.3 is 0 Å². The van der Waals surface area contributed by atoms with E-state index in [-0.39, 0.29) is 18.3 Å². The Hall–Kier alpha value is -0.0900. The lowest BCUT2D eigenvalue weighted by molar-refractivity contribution is 0.162. The fourth-order valence-electron chi connectivity index (χ4n) is 2.33. The molecule has 0 aromatic rings. The smallest absolute Gasteiger partial charge is 0.147 e. The minimum Gasteiger partial charge on any atom is -0.396 e. The van der Waals surface area contributed by atoms with Crippen LogP contribution in [0.2, 0.25) is 0 Å². The molecule has 0 aromatic heterocycles. The van der Waals surface area contributed by atoms with Gasteiger partial charge in [-0.15, -0.1) is 0 Å². The summed E-state index contributed by atoms with van der Waals surface area (Å²) in [5, 5.41) is 9.18. The van der Waals surface area contributed by atoms with E-state index in [9.17, 15) is 13.5 Å². The fourth-order valence-corrected chi connectivity index (χ4v) is 3.49. The summed E-state index contributed by atoms with van der Waals surface area (Å²) in [7, 11) is -2.94. The fraction of sp³-hybridized carbons (Fsp3) is 1.00. The van der Waals surface area contributed by atoms with Gasteiger partial charge in [0, 0.05) is 12.9 Å². The van der Waals surface area contributed by atoms with Crippen molar-refractivity contribution in [3.8, 4) is 0 Å². The molecule has 1 aliphatic carbocycles. The summed E-state index contributed by atoms with van der Waals surface area (Å²) in [5.41, 5.74) is 0. The van der Waals surface area contributed by atoms with E-state index in [4.69, 9.17) is 0 Å². The Morgan fingerprint density at radius 3 is 2.29 bits per heavy atom. The highest BCUT2D eigenvalue weighted by Crippen LogP contribution is 2.30. The second kappa shape index (κ2) is 5.12. The molecule has 3 nitrogen and oxygen atoms in total. The van der Waals surface area contributed by atoms with Gasteiger partial charge in [-0.2, -0.15) is 0 Å². The van der Waals surface area contributed by atoms with Crippen LogP contribution >= 0.6 is 0 Å². The van der Waals surface area contributed by atoms with Crippen LogP contribution in [0.4, 0.5) is 0 Å². The summed E-state index contributed by atoms with van der Waals surface area (Å²) >= 11 is 0. The molecule has 0 saturated heterocycles. The van der Waals surface area contributed by atoms with Crippen LogP contribution in [0.25, 0.3) is 0 Å². The zero-order valence-electron chi connectivity index (χ0n) is 8.78. The molecular formula is C10H20O3S. The van der Waals surface area contributed by atoms with Gasteiger partial charge in [-0.3, -0.25) is 0 Å². The summed E-state index contributed by atoms with van der Waals surface area (Å²) in [6.07, 6.45) is 7.05. The third-order valence-corrected chi connectivity index (χ3v) is 4.10. The van der Waals surface area contributed by atoms with Crippen LogP contribution in [0.15, 0.2) is 0 Å². The number of sulfone groups is 1. The van der Waals surface area contributed by atoms with Gasteiger partial charge in [0.05, 0.1) is 5.75 Å². The first-order valence-electron chi connectivity index (χ1n) is 5.31. The molecule has 14 heavy (non-hydrogen) atoms. The standard InChI is InChI=1S/C10H20O3S/c1-14(12,13)8-10(7-11)9-5-3-2-4-6-9/h9-11H,2-8H2,1H3/t10-/m0/s1. The molecule has 1 rings (SSSR count). The van der Waals surface area contributed by atoms with Crippen molar-refractivity contribution in [1.29, 1.82) is 0 Å². The Kier molecular flexibility index (Phi) is 4.38. The Morgan fingerprint density at radius 1 is 1.29 bits per heavy atom. The zero-order valence-corrected chi connectivity index (χ0v) is 9.59. The highest BCUT2D eigenvalue weighted by Gasteiger charge is 2.25. The van der Waals surface area contributed by atoms with Gasteiger partial charge in [-0.25, -0.2) is 8.42 Å². The average molecular weight is 220 g/mol. The molecule has 1 atom stereocenters. The van der Waals surface area contributed by atoms with E-state index in [1.165, 1.54) is 25.5 Å². The van der Waals surface area contributed by atoms with Gasteiger partial charge in [0.2, 0.25) is 0 Å². The zero-order chi connectivity index (χ0) is 10.6. The second-order valence-corrected chi connectivity index (χ2v) is 6.62. The minimum absolute atomic E-state index is 0.0116. The van der Waals surface area contributed by atoms with E-state index in [0.717, 1.165) is 12.8 Å². The Labute approximate surface area is 86.4 Å². The lowest BCUT2D eigenvalue weighted by Crippen LogP contribution is -2.27. The van der Waals surface area contributed by atoms with Crippen LogP contribution in [0.1, 0.15) is 32.1 Å². The third-order valence-electron chi connectivity index (χ3n) is 3.07. The molecule has 0 aromatic carbocycles. The molecule has 84 valence electrons. The van der Waals surface area contributed by atoms with Crippen LogP contribution in [-0.4, -0.2) is 32.1 Å². The van der Waals surface area contributed by atoms with Gasteiger partial charge in [0.1, 0.15) is 9.84 Å². The second-order valence-electron chi connectivity index (χ2n) is 4.43. The number of hydrogen-bond acceptors (Lipinski definition) is 3. The van der Waals surface area contributed by atoms with Gasteiger partial charge in [-0.05, 0) is 11.8 Å². The monoisotopic (exact) mass is 220 g/mol. The Bertz CT molecular complexity index is 253. The number of hydrogen-bond donors (Lipinski definition) is 1. The van der Waals surface area contributed by atoms with Crippen molar-refractivity contribution < 1.29 is 13.5 Å². The molecule has 0 aliphatic heterocycles. The molecule has 0 spiro atoms. The largest absolute Gasteiger partial charge is 0.396 e. The van der Waals surface area contributed by atoms with Crippen molar-refractivity contribution in [2.75, 3.05) is 18.6 Å². The average Bonchev–Trinajstić information content (AvgIpc) is 2.14. The molecule has 1 aliphatic rings. The summed E-state index contributed by atoms with van der Waals surface area (Å²) in [4.78, 5) is 0. The van der Waals surface area contributed by atoms with Crippen molar-refractivity contribution in [2.24, 2.45) is 11.8 Å². The number of aliphatic hydroxyl groups excluding tert-OH is 1. The maximum Gasteiger partial charge on any atom is 0.147 e. The van der Waals surface area contributed by atoms with E-state index >= 15 is 0 Å². The molecule has 0 unspecified atom stereocenters. The minimum atomic E-state index is -2.94. The van der Waals surface area contributed by atoms with Gasteiger partial charge < -0.3 is 5.11 Å². The molecule has 4 heteroatoms. The molecule has 0 bridgehead atoms. The van der Waals surface area contributed by atoms with Crippen LogP contribution in [0, 0.1) is 11.8 Å². The first-order chi connectivity index (χ1) is 6.53. The van der Waals surface area contributed by atoms with Crippen LogP contribution in [0.3, 0.4) is 0 Å². The normalized spacial score (nSPS) is 22.1. The molecule has 1 N–H and O–H groups in total. The highest BCUT2D eigenvalue weighted by atomic mass is 32.2. The molecule has 0 heterocycles. The lowest BCUT2D eigenvalue weighted by atomic mass is 9.81. The Balaban J connectivity index is 2.52. The molecular weight excluding hydrogens is 200 g/mol. The first kappa shape index (κ1) is 12.0. The van der Waals surface area contributed by atoms with Crippen LogP contribution in [0.5, 0.6) is 0 Å². The highest BCUT2D eigenvalue weighted by molar-refractivity contribution is 7.90. The maximum atomic E-state index is 11.1. The lowest BCUT2D eigenvalue weighted by Gasteiger charge is -2.28. The predicted octanol–water partition coefficient (Wildman–Crippen LogP) is 1.22. The van der Waals surface area contributed by atoms with Crippen LogP contribution in [-0.2, 0) is 9.84 Å². The van der Waals surface area contributed by atoms with Crippen molar-refractivity contribution in [3.63, 3.8) is 0 Å². The van der Waals surface area contributed by atoms with Crippen molar-refractivity contribution in [1.82, 2.24) is 0 Å². The van der Waals surface area contributed by atoms with Crippen molar-refractivity contribution in [2.45, 2.75) is 32.1 Å². The Morgan fingerprint density at radius 2 is 1.86 bits per heavy atom. The summed E-state index contributed by atoms with van der Waals surface area (Å²) < 4.78 is 22.3. The molecule has 1 saturated carbocycles. The topological polar surface area (TPSA) is 54.4 Å². The first-order valence-corrected chi connectivity index (χ1v) is 7.37. The van der Waals surface area contributed by atoms with E-state index in [1.807, 2.05) is 0 Å². The van der Waals surface area contributed by atoms with Crippen molar-refractivity contribution in [3.05, 3.63) is 0 Å². The molecule has 0 radical (unpaired) electrons. The SMILES string of the molecule is CS(=O)(=O)C[C@H](CO)C1CCCCC1. The van der Waals surface area contributed by atoms with Crippen molar-refractivity contribution >= 4 is 9.84 Å². The van der Waals surface area contributed by atoms with E-state index < -0.39 is 9.84 Å². The summed E-state index contributed by atoms with van der Waals surface area (Å²) in [6, 6.07) is 0. The van der Waals surface area contributed by atoms with E-state index in [0.29, 0.717) is 5.92 Å². The van der Waals surface area contributed by atoms with E-state index in [2.05, 4.69) is 0 Å². The summed E-state index contributed by atoms with van der Waals surface area (Å²) in [5.74, 6) is 0.530. The van der Waals surface area contributed by atoms with E-state index in [1.54, 1.807) is 0 Å². The molecule has 0 amide bonds. The van der Waals surface area contributed by atoms with Gasteiger partial charge in [0.15, 0.2) is 0 Å². The number of aliphatic hydroxyl groups is 1. The number of rotatable bonds is 4. The van der Waals surface area contributed by atoms with Gasteiger partial charge in [0.25, 0.3) is 0 Å². The predicted molar refractivity (Wildman–Crippen MR) is 56.9 cm³/mol. The maximum absolute atomic E-state index is 11.1. The quantitative estimate of drug-likeness (QED) is 0.775. The van der Waals surface area contributed by atoms with Crippen LogP contribution < -0.4 is 0 Å². The molecule has 1 fully saturated rings. The third kappa shape index (κ3) is 3.96. The summed E-state index contributed by atoms with van der Waals surface area (Å²) in [6.45, 7) is 0.0116.